The number of hydrogen-bond acceptors (Lipinski definition) is 6. The van der Waals surface area contributed by atoms with E-state index in [-0.39, 0.29) is 41.8 Å². The van der Waals surface area contributed by atoms with Crippen molar-refractivity contribution < 1.29 is 19.5 Å². The van der Waals surface area contributed by atoms with E-state index in [0.29, 0.717) is 48.7 Å². The van der Waals surface area contributed by atoms with Gasteiger partial charge < -0.3 is 20.3 Å². The van der Waals surface area contributed by atoms with Gasteiger partial charge in [0.05, 0.1) is 12.0 Å². The number of nitrogens with zero attached hydrogens (tertiary/aromatic N) is 5. The van der Waals surface area contributed by atoms with Crippen LogP contribution < -0.4 is 5.32 Å². The first kappa shape index (κ1) is 30.5. The number of aromatic carboxylic acids is 1. The highest BCUT2D eigenvalue weighted by Gasteiger charge is 2.26. The summed E-state index contributed by atoms with van der Waals surface area (Å²) < 4.78 is 0. The van der Waals surface area contributed by atoms with Gasteiger partial charge in [-0.15, -0.1) is 0 Å². The van der Waals surface area contributed by atoms with Crippen LogP contribution in [0.4, 0.5) is 0 Å². The molecular weight excluding hydrogens is 534 g/mol. The molecule has 42 heavy (non-hydrogen) atoms. The molecule has 1 unspecified atom stereocenters. The van der Waals surface area contributed by atoms with E-state index in [1.165, 1.54) is 12.1 Å². The van der Waals surface area contributed by atoms with Crippen LogP contribution >= 0.6 is 0 Å². The van der Waals surface area contributed by atoms with Crippen molar-refractivity contribution in [2.75, 3.05) is 19.6 Å². The van der Waals surface area contributed by atoms with E-state index in [0.717, 1.165) is 36.8 Å². The van der Waals surface area contributed by atoms with Crippen molar-refractivity contribution in [2.45, 2.75) is 65.0 Å². The van der Waals surface area contributed by atoms with Crippen molar-refractivity contribution in [3.8, 4) is 11.4 Å². The van der Waals surface area contributed by atoms with Crippen LogP contribution in [0.25, 0.3) is 21.8 Å². The molecule has 1 aromatic heterocycles. The number of carbonyl (C=O) groups excluding carboxylic acids is 2. The number of unbranched alkanes of at least 4 members (excludes halogenated alkanes) is 2. The van der Waals surface area contributed by atoms with Gasteiger partial charge in [0.15, 0.2) is 5.78 Å². The minimum Gasteiger partial charge on any atom is -0.478 e. The predicted molar refractivity (Wildman–Crippen MR) is 159 cm³/mol. The fraction of sp³-hybridized carbons (Fsp3) is 0.419. The number of carbonyl (C=O) groups is 3. The first-order valence-corrected chi connectivity index (χ1v) is 14.4. The summed E-state index contributed by atoms with van der Waals surface area (Å²) in [5.74, 6) is -1.06. The highest BCUT2D eigenvalue weighted by molar-refractivity contribution is 6.14. The number of rotatable bonds is 14. The Balaban J connectivity index is 1.66. The Morgan fingerprint density at radius 3 is 2.57 bits per heavy atom. The zero-order valence-electron chi connectivity index (χ0n) is 24.1. The monoisotopic (exact) mass is 571 g/mol. The van der Waals surface area contributed by atoms with Crippen molar-refractivity contribution in [1.29, 1.82) is 0 Å². The molecule has 0 saturated carbocycles. The van der Waals surface area contributed by atoms with Crippen LogP contribution in [0.1, 0.15) is 82.6 Å². The SMILES string of the molecule is CCCCN(CCCC)C(=O)Cc1cnc(-c2ccc(C(=O)O)cc2C(=O)c2cccc3c2CC(CN=[N+]=[N-])NC3)[nH]1. The van der Waals surface area contributed by atoms with Crippen molar-refractivity contribution in [2.24, 2.45) is 5.11 Å². The van der Waals surface area contributed by atoms with Crippen molar-refractivity contribution in [3.63, 3.8) is 0 Å². The van der Waals surface area contributed by atoms with Crippen molar-refractivity contribution >= 4 is 17.7 Å². The molecule has 0 spiro atoms. The summed E-state index contributed by atoms with van der Waals surface area (Å²) in [6.07, 6.45) is 6.13. The molecule has 0 saturated heterocycles. The van der Waals surface area contributed by atoms with Crippen LogP contribution in [-0.4, -0.2) is 63.3 Å². The summed E-state index contributed by atoms with van der Waals surface area (Å²) in [5, 5.41) is 16.7. The van der Waals surface area contributed by atoms with Gasteiger partial charge in [-0.05, 0) is 54.1 Å². The highest BCUT2D eigenvalue weighted by atomic mass is 16.4. The third-order valence-corrected chi connectivity index (χ3v) is 7.57. The normalized spacial score (nSPS) is 14.1. The fourth-order valence-electron chi connectivity index (χ4n) is 5.23. The Labute approximate surface area is 245 Å². The molecule has 1 amide bonds. The number of nitrogens with one attached hydrogen (secondary N) is 2. The second kappa shape index (κ2) is 14.4. The highest BCUT2D eigenvalue weighted by Crippen LogP contribution is 2.29. The largest absolute Gasteiger partial charge is 0.478 e. The Kier molecular flexibility index (Phi) is 10.5. The zero-order valence-corrected chi connectivity index (χ0v) is 24.1. The topological polar surface area (TPSA) is 164 Å². The van der Waals surface area contributed by atoms with E-state index in [2.05, 4.69) is 39.2 Å². The van der Waals surface area contributed by atoms with Crippen molar-refractivity contribution in [1.82, 2.24) is 20.2 Å². The fourth-order valence-corrected chi connectivity index (χ4v) is 5.23. The Hall–Kier alpha value is -4.47. The van der Waals surface area contributed by atoms with Crippen LogP contribution in [0.5, 0.6) is 0 Å². The average molecular weight is 572 g/mol. The Morgan fingerprint density at radius 1 is 1.12 bits per heavy atom. The number of fused-ring (bicyclic) bond motifs is 1. The number of imidazole rings is 1. The molecule has 4 rings (SSSR count). The number of carboxylic acids is 1. The maximum Gasteiger partial charge on any atom is 0.335 e. The van der Waals surface area contributed by atoms with E-state index in [1.807, 2.05) is 17.0 Å². The molecule has 3 N–H and O–H groups in total. The Bertz CT molecular complexity index is 1480. The maximum atomic E-state index is 14.1. The quantitative estimate of drug-likeness (QED) is 0.103. The lowest BCUT2D eigenvalue weighted by molar-refractivity contribution is -0.130. The van der Waals surface area contributed by atoms with Gasteiger partial charge in [-0.1, -0.05) is 50.0 Å². The lowest BCUT2D eigenvalue weighted by Gasteiger charge is -2.27. The van der Waals surface area contributed by atoms with Gasteiger partial charge in [-0.25, -0.2) is 9.78 Å². The standard InChI is InChI=1S/C31H37N7O4/c1-3-5-12-38(13-6-4-2)28(39)16-23-18-34-30(36-23)25-11-10-20(31(41)42)14-27(25)29(40)24-9-7-8-21-17-33-22(15-26(21)24)19-35-37-32/h7-11,14,18,22,33H,3-6,12-13,15-17,19H2,1-2H3,(H,34,36)(H,41,42). The number of ketones is 1. The first-order chi connectivity index (χ1) is 20.4. The molecule has 1 atom stereocenters. The number of aromatic amines is 1. The summed E-state index contributed by atoms with van der Waals surface area (Å²) >= 11 is 0. The van der Waals surface area contributed by atoms with Gasteiger partial charge in [0.25, 0.3) is 0 Å². The molecule has 11 heteroatoms. The summed E-state index contributed by atoms with van der Waals surface area (Å²) in [6, 6.07) is 9.77. The molecule has 1 aliphatic rings. The number of H-pyrrole nitrogens is 1. The van der Waals surface area contributed by atoms with Gasteiger partial charge in [0, 0.05) is 65.7 Å². The number of carboxylic acid groups (broad SMARTS) is 1. The van der Waals surface area contributed by atoms with Gasteiger partial charge in [0.2, 0.25) is 5.91 Å². The summed E-state index contributed by atoms with van der Waals surface area (Å²) in [6.45, 7) is 6.40. The van der Waals surface area contributed by atoms with Gasteiger partial charge >= 0.3 is 5.97 Å². The number of hydrogen-bond donors (Lipinski definition) is 3. The maximum absolute atomic E-state index is 14.1. The summed E-state index contributed by atoms with van der Waals surface area (Å²) in [4.78, 5) is 51.5. The molecule has 3 aromatic rings. The molecule has 0 radical (unpaired) electrons. The molecule has 2 aromatic carbocycles. The molecule has 1 aliphatic heterocycles. The molecular formula is C31H37N7O4. The van der Waals surface area contributed by atoms with Gasteiger partial charge in [-0.3, -0.25) is 9.59 Å². The smallest absolute Gasteiger partial charge is 0.335 e. The third-order valence-electron chi connectivity index (χ3n) is 7.57. The summed E-state index contributed by atoms with van der Waals surface area (Å²) in [7, 11) is 0. The lowest BCUT2D eigenvalue weighted by Crippen LogP contribution is -2.38. The number of azide groups is 1. The first-order valence-electron chi connectivity index (χ1n) is 14.4. The number of amides is 1. The molecule has 0 fully saturated rings. The molecule has 220 valence electrons. The van der Waals surface area contributed by atoms with Crippen molar-refractivity contribution in [3.05, 3.63) is 86.5 Å². The molecule has 2 heterocycles. The van der Waals surface area contributed by atoms with Crippen LogP contribution in [0.2, 0.25) is 0 Å². The third kappa shape index (κ3) is 7.23. The van der Waals surface area contributed by atoms with E-state index in [9.17, 15) is 19.5 Å². The Morgan fingerprint density at radius 2 is 1.88 bits per heavy atom. The van der Waals surface area contributed by atoms with E-state index in [1.54, 1.807) is 18.3 Å². The lowest BCUT2D eigenvalue weighted by atomic mass is 9.86. The van der Waals surface area contributed by atoms with Crippen LogP contribution in [0.3, 0.4) is 0 Å². The van der Waals surface area contributed by atoms with E-state index >= 15 is 0 Å². The second-order valence-electron chi connectivity index (χ2n) is 10.6. The number of benzene rings is 2. The minimum absolute atomic E-state index is 0.0146. The van der Waals surface area contributed by atoms with Gasteiger partial charge in [-0.2, -0.15) is 0 Å². The summed E-state index contributed by atoms with van der Waals surface area (Å²) in [5.41, 5.74) is 12.3. The zero-order chi connectivity index (χ0) is 30.1. The van der Waals surface area contributed by atoms with Crippen LogP contribution in [-0.2, 0) is 24.2 Å². The minimum atomic E-state index is -1.14. The number of aromatic nitrogens is 2. The second-order valence-corrected chi connectivity index (χ2v) is 10.6. The van der Waals surface area contributed by atoms with Crippen LogP contribution in [0, 0.1) is 0 Å². The van der Waals surface area contributed by atoms with E-state index in [4.69, 9.17) is 5.53 Å². The van der Waals surface area contributed by atoms with E-state index < -0.39 is 5.97 Å². The average Bonchev–Trinajstić information content (AvgIpc) is 3.47. The predicted octanol–water partition coefficient (Wildman–Crippen LogP) is 5.30. The van der Waals surface area contributed by atoms with Gasteiger partial charge in [0.1, 0.15) is 5.82 Å². The molecule has 0 aliphatic carbocycles. The molecule has 0 bridgehead atoms. The molecule has 11 nitrogen and oxygen atoms in total. The van der Waals surface area contributed by atoms with Crippen LogP contribution in [0.15, 0.2) is 47.7 Å².